The van der Waals surface area contributed by atoms with E-state index in [1.807, 2.05) is 42.2 Å². The van der Waals surface area contributed by atoms with Crippen molar-refractivity contribution in [3.8, 4) is 0 Å². The fourth-order valence-corrected chi connectivity index (χ4v) is 3.92. The van der Waals surface area contributed by atoms with Crippen LogP contribution >= 0.6 is 24.8 Å². The van der Waals surface area contributed by atoms with Gasteiger partial charge in [-0.1, -0.05) is 12.2 Å². The van der Waals surface area contributed by atoms with Gasteiger partial charge in [-0.3, -0.25) is 10.1 Å². The number of hydrogen-bond donors (Lipinski definition) is 1. The number of carbonyl (C=O) groups excluding carboxylic acids is 1. The first-order chi connectivity index (χ1) is 12.1. The van der Waals surface area contributed by atoms with Gasteiger partial charge in [0.15, 0.2) is 0 Å². The van der Waals surface area contributed by atoms with E-state index in [1.165, 1.54) is 5.56 Å². The molecule has 27 heavy (non-hydrogen) atoms. The van der Waals surface area contributed by atoms with Gasteiger partial charge in [-0.25, -0.2) is 9.97 Å². The van der Waals surface area contributed by atoms with Crippen LogP contribution in [-0.2, 0) is 21.6 Å². The van der Waals surface area contributed by atoms with Crippen LogP contribution in [0, 0.1) is 0 Å². The summed E-state index contributed by atoms with van der Waals surface area (Å²) in [5, 5.41) is 3.20. The summed E-state index contributed by atoms with van der Waals surface area (Å²) in [5.74, 6) is 0.874. The number of carbonyl (C=O) groups is 1. The Bertz CT molecular complexity index is 705. The molecule has 1 spiro atoms. The molecule has 1 atom stereocenters. The average Bonchev–Trinajstić information content (AvgIpc) is 3.16. The Hall–Kier alpha value is -1.41. The number of fused-ring (bicyclic) bond motifs is 2. The quantitative estimate of drug-likeness (QED) is 0.734. The molecule has 4 heterocycles. The highest BCUT2D eigenvalue weighted by Gasteiger charge is 2.44. The molecule has 3 aliphatic rings. The van der Waals surface area contributed by atoms with Crippen molar-refractivity contribution < 1.29 is 9.53 Å². The Kier molecular flexibility index (Phi) is 7.08. The minimum Gasteiger partial charge on any atom is -0.368 e. The van der Waals surface area contributed by atoms with E-state index in [0.29, 0.717) is 25.6 Å². The Morgan fingerprint density at radius 3 is 2.70 bits per heavy atom. The predicted octanol–water partition coefficient (Wildman–Crippen LogP) is 1.30. The van der Waals surface area contributed by atoms with Crippen molar-refractivity contribution in [3.05, 3.63) is 29.6 Å². The molecule has 1 unspecified atom stereocenters. The van der Waals surface area contributed by atoms with Gasteiger partial charge in [0, 0.05) is 39.9 Å². The highest BCUT2D eigenvalue weighted by molar-refractivity contribution is 5.85. The second kappa shape index (κ2) is 8.73. The average molecular weight is 416 g/mol. The lowest BCUT2D eigenvalue weighted by molar-refractivity contribution is -0.142. The van der Waals surface area contributed by atoms with Crippen molar-refractivity contribution in [2.75, 3.05) is 45.2 Å². The molecule has 1 saturated heterocycles. The van der Waals surface area contributed by atoms with E-state index in [-0.39, 0.29) is 42.4 Å². The second-order valence-electron chi connectivity index (χ2n) is 7.17. The number of rotatable bonds is 2. The van der Waals surface area contributed by atoms with Crippen molar-refractivity contribution in [1.29, 1.82) is 0 Å². The number of anilines is 1. The fraction of sp³-hybridized carbons (Fsp3) is 0.611. The minimum absolute atomic E-state index is 0. The molecule has 0 radical (unpaired) electrons. The molecule has 7 nitrogen and oxygen atoms in total. The number of ether oxygens (including phenoxy) is 1. The molecular formula is C18H27Cl2N5O2. The van der Waals surface area contributed by atoms with Gasteiger partial charge in [0.25, 0.3) is 0 Å². The van der Waals surface area contributed by atoms with Crippen LogP contribution in [0.1, 0.15) is 24.1 Å². The Morgan fingerprint density at radius 1 is 1.33 bits per heavy atom. The van der Waals surface area contributed by atoms with E-state index in [1.54, 1.807) is 0 Å². The summed E-state index contributed by atoms with van der Waals surface area (Å²) in [4.78, 5) is 25.7. The van der Waals surface area contributed by atoms with Crippen LogP contribution in [0.3, 0.4) is 0 Å². The number of nitrogens with one attached hydrogen (secondary N) is 1. The molecule has 4 rings (SSSR count). The van der Waals surface area contributed by atoms with Crippen LogP contribution in [0.4, 0.5) is 5.95 Å². The third-order valence-electron chi connectivity index (χ3n) is 5.37. The molecule has 0 aliphatic carbocycles. The van der Waals surface area contributed by atoms with Crippen molar-refractivity contribution >= 4 is 36.7 Å². The maximum atomic E-state index is 12.6. The van der Waals surface area contributed by atoms with Crippen LogP contribution in [0.5, 0.6) is 0 Å². The highest BCUT2D eigenvalue weighted by atomic mass is 35.5. The summed E-state index contributed by atoms with van der Waals surface area (Å²) < 4.78 is 6.24. The maximum Gasteiger partial charge on any atom is 0.243 e. The van der Waals surface area contributed by atoms with Gasteiger partial charge in [-0.05, 0) is 24.8 Å². The van der Waals surface area contributed by atoms with Gasteiger partial charge < -0.3 is 14.5 Å². The summed E-state index contributed by atoms with van der Waals surface area (Å²) in [6.45, 7) is 2.87. The second-order valence-corrected chi connectivity index (χ2v) is 7.17. The first-order valence-corrected chi connectivity index (χ1v) is 8.96. The molecule has 0 aromatic carbocycles. The number of nitrogens with zero attached hydrogens (tertiary/aromatic N) is 4. The number of likely N-dealkylation sites (tertiary alicyclic amines) is 1. The summed E-state index contributed by atoms with van der Waals surface area (Å²) in [5.41, 5.74) is 1.82. The lowest BCUT2D eigenvalue weighted by atomic mass is 9.83. The van der Waals surface area contributed by atoms with E-state index in [2.05, 4.69) is 10.3 Å². The molecule has 1 aromatic heterocycles. The van der Waals surface area contributed by atoms with E-state index in [0.717, 1.165) is 31.5 Å². The van der Waals surface area contributed by atoms with E-state index in [4.69, 9.17) is 9.72 Å². The maximum absolute atomic E-state index is 12.6. The number of halogens is 2. The Labute approximate surface area is 172 Å². The monoisotopic (exact) mass is 415 g/mol. The molecule has 1 N–H and O–H groups in total. The molecule has 3 aliphatic heterocycles. The summed E-state index contributed by atoms with van der Waals surface area (Å²) in [6.07, 6.45) is 8.32. The van der Waals surface area contributed by atoms with Gasteiger partial charge >= 0.3 is 0 Å². The van der Waals surface area contributed by atoms with Crippen LogP contribution in [0.2, 0.25) is 0 Å². The van der Waals surface area contributed by atoms with Gasteiger partial charge in [-0.15, -0.1) is 24.8 Å². The van der Waals surface area contributed by atoms with Gasteiger partial charge in [-0.2, -0.15) is 0 Å². The van der Waals surface area contributed by atoms with Crippen molar-refractivity contribution in [1.82, 2.24) is 20.2 Å². The summed E-state index contributed by atoms with van der Waals surface area (Å²) in [7, 11) is 3.89. The van der Waals surface area contributed by atoms with Crippen LogP contribution in [0.25, 0.3) is 0 Å². The lowest BCUT2D eigenvalue weighted by Gasteiger charge is -2.44. The zero-order chi connectivity index (χ0) is 17.4. The van der Waals surface area contributed by atoms with Crippen LogP contribution < -0.4 is 10.2 Å². The third-order valence-corrected chi connectivity index (χ3v) is 5.37. The normalized spacial score (nSPS) is 22.6. The SMILES string of the molecule is CN(C)c1ncc2c(n1)C1(CCN(C(=O)C3C=CCN3)CC1)OCC2.Cl.Cl. The van der Waals surface area contributed by atoms with Gasteiger partial charge in [0.1, 0.15) is 11.6 Å². The zero-order valence-electron chi connectivity index (χ0n) is 15.7. The Balaban J connectivity index is 0.00000131. The van der Waals surface area contributed by atoms with Crippen molar-refractivity contribution in [3.63, 3.8) is 0 Å². The topological polar surface area (TPSA) is 70.6 Å². The standard InChI is InChI=1S/C18H25N5O2.2ClH/c1-22(2)17-20-12-13-5-11-25-18(15(13)21-17)6-9-23(10-7-18)16(24)14-4-3-8-19-14;;/h3-4,12,14,19H,5-11H2,1-2H3;2*1H. The van der Waals surface area contributed by atoms with Gasteiger partial charge in [0.05, 0.1) is 12.3 Å². The zero-order valence-corrected chi connectivity index (χ0v) is 17.3. The third kappa shape index (κ3) is 4.06. The lowest BCUT2D eigenvalue weighted by Crippen LogP contribution is -2.52. The van der Waals surface area contributed by atoms with Crippen molar-refractivity contribution in [2.24, 2.45) is 0 Å². The molecule has 0 saturated carbocycles. The number of aromatic nitrogens is 2. The van der Waals surface area contributed by atoms with E-state index in [9.17, 15) is 4.79 Å². The van der Waals surface area contributed by atoms with Crippen molar-refractivity contribution in [2.45, 2.75) is 30.9 Å². The smallest absolute Gasteiger partial charge is 0.243 e. The largest absolute Gasteiger partial charge is 0.368 e. The number of piperidine rings is 1. The molecule has 1 fully saturated rings. The van der Waals surface area contributed by atoms with Crippen LogP contribution in [-0.4, -0.2) is 67.2 Å². The molecule has 0 bridgehead atoms. The fourth-order valence-electron chi connectivity index (χ4n) is 3.92. The number of amides is 1. The Morgan fingerprint density at radius 2 is 2.07 bits per heavy atom. The predicted molar refractivity (Wildman–Crippen MR) is 109 cm³/mol. The molecule has 9 heteroatoms. The summed E-state index contributed by atoms with van der Waals surface area (Å²) in [6, 6.07) is -0.170. The van der Waals surface area contributed by atoms with Crippen LogP contribution in [0.15, 0.2) is 18.3 Å². The molecular weight excluding hydrogens is 389 g/mol. The van der Waals surface area contributed by atoms with E-state index < -0.39 is 0 Å². The summed E-state index contributed by atoms with van der Waals surface area (Å²) >= 11 is 0. The first-order valence-electron chi connectivity index (χ1n) is 8.96. The number of hydrogen-bond acceptors (Lipinski definition) is 6. The highest BCUT2D eigenvalue weighted by Crippen LogP contribution is 2.40. The minimum atomic E-state index is -0.378. The molecule has 1 aromatic rings. The first kappa shape index (κ1) is 21.9. The molecule has 1 amide bonds. The molecule has 150 valence electrons. The van der Waals surface area contributed by atoms with Gasteiger partial charge in [0.2, 0.25) is 11.9 Å². The van der Waals surface area contributed by atoms with E-state index >= 15 is 0 Å².